The summed E-state index contributed by atoms with van der Waals surface area (Å²) in [5.74, 6) is 1.02. The van der Waals surface area contributed by atoms with Gasteiger partial charge in [-0.15, -0.1) is 0 Å². The number of aromatic nitrogens is 4. The highest BCUT2D eigenvalue weighted by atomic mass is 32.1. The zero-order chi connectivity index (χ0) is 19.4. The van der Waals surface area contributed by atoms with Gasteiger partial charge in [0.05, 0.1) is 10.6 Å². The zero-order valence-electron chi connectivity index (χ0n) is 15.9. The van der Waals surface area contributed by atoms with Crippen LogP contribution in [0, 0.1) is 0 Å². The van der Waals surface area contributed by atoms with Crippen LogP contribution >= 0.6 is 11.3 Å². The number of fused-ring (bicyclic) bond motifs is 3. The summed E-state index contributed by atoms with van der Waals surface area (Å²) in [7, 11) is 0. The molecule has 0 spiro atoms. The number of aryl methyl sites for hydroxylation is 1. The van der Waals surface area contributed by atoms with E-state index in [1.54, 1.807) is 11.3 Å². The Morgan fingerprint density at radius 3 is 3.14 bits per heavy atom. The van der Waals surface area contributed by atoms with Crippen LogP contribution in [-0.4, -0.2) is 25.4 Å². The fourth-order valence-corrected chi connectivity index (χ4v) is 4.92. The van der Waals surface area contributed by atoms with Gasteiger partial charge in [-0.05, 0) is 48.9 Å². The maximum Gasteiger partial charge on any atom is 0.189 e. The molecule has 1 aromatic carbocycles. The maximum absolute atomic E-state index is 4.78. The molecule has 4 aromatic heterocycles. The van der Waals surface area contributed by atoms with E-state index in [0.29, 0.717) is 6.04 Å². The molecule has 1 unspecified atom stereocenters. The fraction of sp³-hybridized carbons (Fsp3) is 0.182. The quantitative estimate of drug-likeness (QED) is 0.378. The minimum Gasteiger partial charge on any atom is -0.367 e. The van der Waals surface area contributed by atoms with Gasteiger partial charge in [0.2, 0.25) is 0 Å². The fourth-order valence-electron chi connectivity index (χ4n) is 3.97. The Morgan fingerprint density at radius 2 is 2.17 bits per heavy atom. The smallest absolute Gasteiger partial charge is 0.189 e. The summed E-state index contributed by atoms with van der Waals surface area (Å²) >= 11 is 1.72. The van der Waals surface area contributed by atoms with Crippen LogP contribution in [0.4, 0.5) is 16.6 Å². The van der Waals surface area contributed by atoms with Crippen molar-refractivity contribution in [3.05, 3.63) is 60.0 Å². The molecule has 5 aromatic rings. The average Bonchev–Trinajstić information content (AvgIpc) is 3.45. The Bertz CT molecular complexity index is 1340. The highest BCUT2D eigenvalue weighted by Crippen LogP contribution is 2.36. The third-order valence-electron chi connectivity index (χ3n) is 5.50. The molecule has 6 nitrogen and oxygen atoms in total. The molecular formula is C22H20N6S. The number of benzene rings is 1. The number of rotatable bonds is 3. The van der Waals surface area contributed by atoms with Crippen molar-refractivity contribution in [2.24, 2.45) is 0 Å². The number of imidazole rings is 1. The summed E-state index contributed by atoms with van der Waals surface area (Å²) in [6.45, 7) is 2.20. The first-order chi connectivity index (χ1) is 14.2. The molecular weight excluding hydrogens is 380 g/mol. The SMILES string of the molecule is CC1CCc2sc(Nc3cc(-c4ccc5cc[nH]c5c4)cn4ccnc34)nc2N1. The van der Waals surface area contributed by atoms with Crippen molar-refractivity contribution in [1.29, 1.82) is 0 Å². The van der Waals surface area contributed by atoms with Crippen molar-refractivity contribution >= 4 is 44.5 Å². The van der Waals surface area contributed by atoms with Crippen LogP contribution in [-0.2, 0) is 6.42 Å². The van der Waals surface area contributed by atoms with Crippen LogP contribution < -0.4 is 10.6 Å². The lowest BCUT2D eigenvalue weighted by atomic mass is 10.1. The van der Waals surface area contributed by atoms with Crippen molar-refractivity contribution in [2.75, 3.05) is 10.6 Å². The Morgan fingerprint density at radius 1 is 1.21 bits per heavy atom. The van der Waals surface area contributed by atoms with Crippen LogP contribution in [0.1, 0.15) is 18.2 Å². The van der Waals surface area contributed by atoms with E-state index in [1.165, 1.54) is 10.3 Å². The van der Waals surface area contributed by atoms with Crippen LogP contribution in [0.15, 0.2) is 55.1 Å². The van der Waals surface area contributed by atoms with E-state index in [4.69, 9.17) is 4.98 Å². The molecule has 1 aliphatic heterocycles. The normalized spacial score (nSPS) is 16.1. The number of pyridine rings is 1. The topological polar surface area (TPSA) is 70.0 Å². The Hall–Kier alpha value is -3.32. The second-order valence-electron chi connectivity index (χ2n) is 7.58. The molecule has 5 heterocycles. The number of hydrogen-bond acceptors (Lipinski definition) is 5. The Labute approximate surface area is 171 Å². The second-order valence-corrected chi connectivity index (χ2v) is 8.66. The Balaban J connectivity index is 1.42. The molecule has 7 heteroatoms. The summed E-state index contributed by atoms with van der Waals surface area (Å²) in [5.41, 5.74) is 5.27. The third kappa shape index (κ3) is 2.86. The van der Waals surface area contributed by atoms with E-state index in [-0.39, 0.29) is 0 Å². The molecule has 1 atom stereocenters. The number of anilines is 3. The summed E-state index contributed by atoms with van der Waals surface area (Å²) in [6.07, 6.45) is 10.1. The van der Waals surface area contributed by atoms with E-state index >= 15 is 0 Å². The van der Waals surface area contributed by atoms with Crippen molar-refractivity contribution in [1.82, 2.24) is 19.4 Å². The van der Waals surface area contributed by atoms with Gasteiger partial charge in [0.1, 0.15) is 5.82 Å². The molecule has 6 rings (SSSR count). The maximum atomic E-state index is 4.78. The lowest BCUT2D eigenvalue weighted by Gasteiger charge is -2.18. The first-order valence-corrected chi connectivity index (χ1v) is 10.6. The van der Waals surface area contributed by atoms with Crippen LogP contribution in [0.25, 0.3) is 27.7 Å². The monoisotopic (exact) mass is 400 g/mol. The summed E-state index contributed by atoms with van der Waals surface area (Å²) < 4.78 is 2.06. The number of nitrogens with one attached hydrogen (secondary N) is 3. The average molecular weight is 401 g/mol. The molecule has 0 fully saturated rings. The van der Waals surface area contributed by atoms with Gasteiger partial charge in [0.15, 0.2) is 10.8 Å². The van der Waals surface area contributed by atoms with Gasteiger partial charge in [-0.1, -0.05) is 23.5 Å². The van der Waals surface area contributed by atoms with Crippen molar-refractivity contribution in [2.45, 2.75) is 25.8 Å². The third-order valence-corrected chi connectivity index (χ3v) is 6.53. The van der Waals surface area contributed by atoms with E-state index < -0.39 is 0 Å². The number of H-pyrrole nitrogens is 1. The van der Waals surface area contributed by atoms with Crippen molar-refractivity contribution in [3.63, 3.8) is 0 Å². The van der Waals surface area contributed by atoms with E-state index in [2.05, 4.69) is 68.5 Å². The van der Waals surface area contributed by atoms with Crippen molar-refractivity contribution in [3.8, 4) is 11.1 Å². The molecule has 0 bridgehead atoms. The molecule has 3 N–H and O–H groups in total. The lowest BCUT2D eigenvalue weighted by Crippen LogP contribution is -2.21. The summed E-state index contributed by atoms with van der Waals surface area (Å²) in [6, 6.07) is 11.2. The molecule has 1 aliphatic rings. The number of thiazole rings is 1. The lowest BCUT2D eigenvalue weighted by molar-refractivity contribution is 0.683. The minimum atomic E-state index is 0.475. The highest BCUT2D eigenvalue weighted by molar-refractivity contribution is 7.16. The van der Waals surface area contributed by atoms with Gasteiger partial charge in [0, 0.05) is 41.9 Å². The molecule has 29 heavy (non-hydrogen) atoms. The predicted molar refractivity (Wildman–Crippen MR) is 119 cm³/mol. The van der Waals surface area contributed by atoms with Gasteiger partial charge in [-0.25, -0.2) is 9.97 Å². The molecule has 0 amide bonds. The zero-order valence-corrected chi connectivity index (χ0v) is 16.8. The van der Waals surface area contributed by atoms with Crippen LogP contribution in [0.5, 0.6) is 0 Å². The minimum absolute atomic E-state index is 0.475. The van der Waals surface area contributed by atoms with E-state index in [9.17, 15) is 0 Å². The Kier molecular flexibility index (Phi) is 3.64. The molecule has 0 saturated carbocycles. The molecule has 0 radical (unpaired) electrons. The van der Waals surface area contributed by atoms with Gasteiger partial charge in [0.25, 0.3) is 0 Å². The molecule has 144 valence electrons. The summed E-state index contributed by atoms with van der Waals surface area (Å²) in [5, 5.41) is 9.12. The van der Waals surface area contributed by atoms with E-state index in [1.807, 2.05) is 18.6 Å². The molecule has 0 saturated heterocycles. The number of hydrogen-bond donors (Lipinski definition) is 3. The largest absolute Gasteiger partial charge is 0.367 e. The number of aromatic amines is 1. The van der Waals surface area contributed by atoms with E-state index in [0.717, 1.165) is 51.8 Å². The molecule has 0 aliphatic carbocycles. The van der Waals surface area contributed by atoms with Gasteiger partial charge in [-0.3, -0.25) is 0 Å². The van der Waals surface area contributed by atoms with Crippen LogP contribution in [0.3, 0.4) is 0 Å². The second kappa shape index (κ2) is 6.35. The van der Waals surface area contributed by atoms with Crippen molar-refractivity contribution < 1.29 is 0 Å². The first kappa shape index (κ1) is 16.6. The van der Waals surface area contributed by atoms with Crippen LogP contribution in [0.2, 0.25) is 0 Å². The summed E-state index contributed by atoms with van der Waals surface area (Å²) in [4.78, 5) is 13.9. The standard InChI is InChI=1S/C22H20N6S/c1-13-2-5-19-20(25-13)27-22(29-19)26-18-11-16(12-28-9-8-24-21(18)28)15-4-3-14-6-7-23-17(14)10-15/h3-4,6-13,23,25H,2,5H2,1H3,(H,26,27). The van der Waals surface area contributed by atoms with Gasteiger partial charge < -0.3 is 20.0 Å². The number of nitrogens with zero attached hydrogens (tertiary/aromatic N) is 3. The predicted octanol–water partition coefficient (Wildman–Crippen LogP) is 5.43. The van der Waals surface area contributed by atoms with Gasteiger partial charge in [-0.2, -0.15) is 0 Å². The first-order valence-electron chi connectivity index (χ1n) is 9.80. The van der Waals surface area contributed by atoms with Gasteiger partial charge >= 0.3 is 0 Å². The highest BCUT2D eigenvalue weighted by Gasteiger charge is 2.19.